The number of rotatable bonds is 4. The third kappa shape index (κ3) is 3.78. The van der Waals surface area contributed by atoms with E-state index in [0.29, 0.717) is 5.57 Å². The lowest BCUT2D eigenvalue weighted by Gasteiger charge is -2.03. The van der Waals surface area contributed by atoms with E-state index in [2.05, 4.69) is 4.98 Å². The van der Waals surface area contributed by atoms with Gasteiger partial charge in [0.15, 0.2) is 0 Å². The van der Waals surface area contributed by atoms with Gasteiger partial charge in [-0.25, -0.2) is 4.79 Å². The summed E-state index contributed by atoms with van der Waals surface area (Å²) < 4.78 is 0. The SMILES string of the molecule is C/C(=C\c1cccc(Cc2cccnc2)c1)C(=O)O. The topological polar surface area (TPSA) is 50.2 Å². The summed E-state index contributed by atoms with van der Waals surface area (Å²) >= 11 is 0. The van der Waals surface area contributed by atoms with Crippen LogP contribution < -0.4 is 0 Å². The van der Waals surface area contributed by atoms with Crippen molar-refractivity contribution in [2.45, 2.75) is 13.3 Å². The van der Waals surface area contributed by atoms with Gasteiger partial charge in [0.2, 0.25) is 0 Å². The first kappa shape index (κ1) is 13.0. The molecule has 0 aliphatic carbocycles. The Morgan fingerprint density at radius 2 is 2.05 bits per heavy atom. The van der Waals surface area contributed by atoms with Crippen molar-refractivity contribution in [2.75, 3.05) is 0 Å². The molecule has 19 heavy (non-hydrogen) atoms. The Labute approximate surface area is 112 Å². The summed E-state index contributed by atoms with van der Waals surface area (Å²) in [5, 5.41) is 8.87. The van der Waals surface area contributed by atoms with E-state index in [0.717, 1.165) is 23.1 Å². The Bertz CT molecular complexity index is 603. The molecule has 2 aromatic rings. The van der Waals surface area contributed by atoms with Crippen molar-refractivity contribution < 1.29 is 9.90 Å². The molecule has 0 aliphatic heterocycles. The van der Waals surface area contributed by atoms with E-state index in [4.69, 9.17) is 5.11 Å². The first-order valence-corrected chi connectivity index (χ1v) is 6.04. The molecular formula is C16H15NO2. The van der Waals surface area contributed by atoms with Gasteiger partial charge < -0.3 is 5.11 Å². The van der Waals surface area contributed by atoms with E-state index < -0.39 is 5.97 Å². The second kappa shape index (κ2) is 5.96. The van der Waals surface area contributed by atoms with Crippen LogP contribution in [0.15, 0.2) is 54.4 Å². The summed E-state index contributed by atoms with van der Waals surface area (Å²) in [6.07, 6.45) is 6.06. The molecule has 96 valence electrons. The highest BCUT2D eigenvalue weighted by molar-refractivity contribution is 5.91. The Balaban J connectivity index is 2.20. The average molecular weight is 253 g/mol. The molecule has 1 aromatic carbocycles. The van der Waals surface area contributed by atoms with E-state index in [1.54, 1.807) is 19.2 Å². The van der Waals surface area contributed by atoms with Crippen molar-refractivity contribution in [3.8, 4) is 0 Å². The summed E-state index contributed by atoms with van der Waals surface area (Å²) in [6.45, 7) is 1.59. The maximum Gasteiger partial charge on any atom is 0.331 e. The molecule has 0 fully saturated rings. The highest BCUT2D eigenvalue weighted by Gasteiger charge is 2.01. The quantitative estimate of drug-likeness (QED) is 0.851. The van der Waals surface area contributed by atoms with E-state index in [-0.39, 0.29) is 0 Å². The molecule has 0 aliphatic rings. The van der Waals surface area contributed by atoms with Gasteiger partial charge in [0.05, 0.1) is 0 Å². The zero-order valence-electron chi connectivity index (χ0n) is 10.7. The number of benzene rings is 1. The molecule has 2 rings (SSSR count). The molecule has 0 radical (unpaired) electrons. The van der Waals surface area contributed by atoms with Gasteiger partial charge in [0, 0.05) is 18.0 Å². The molecule has 0 unspecified atom stereocenters. The van der Waals surface area contributed by atoms with Gasteiger partial charge in [-0.05, 0) is 42.2 Å². The van der Waals surface area contributed by atoms with E-state index in [1.165, 1.54) is 0 Å². The third-order valence-electron chi connectivity index (χ3n) is 2.80. The zero-order chi connectivity index (χ0) is 13.7. The van der Waals surface area contributed by atoms with Gasteiger partial charge in [-0.1, -0.05) is 30.3 Å². The van der Waals surface area contributed by atoms with E-state index in [9.17, 15) is 4.79 Å². The van der Waals surface area contributed by atoms with Crippen LogP contribution in [0.1, 0.15) is 23.6 Å². The Hall–Kier alpha value is -2.42. The number of carboxylic acid groups (broad SMARTS) is 1. The van der Waals surface area contributed by atoms with Gasteiger partial charge in [-0.3, -0.25) is 4.98 Å². The smallest absolute Gasteiger partial charge is 0.331 e. The second-order valence-electron chi connectivity index (χ2n) is 4.42. The first-order valence-electron chi connectivity index (χ1n) is 6.04. The minimum absolute atomic E-state index is 0.332. The molecule has 1 aromatic heterocycles. The lowest BCUT2D eigenvalue weighted by Crippen LogP contribution is -1.95. The molecule has 0 atom stereocenters. The van der Waals surface area contributed by atoms with Crippen LogP contribution in [0.4, 0.5) is 0 Å². The summed E-state index contributed by atoms with van der Waals surface area (Å²) in [6, 6.07) is 11.8. The van der Waals surface area contributed by atoms with Crippen molar-refractivity contribution in [1.82, 2.24) is 4.98 Å². The molecule has 1 heterocycles. The largest absolute Gasteiger partial charge is 0.478 e. The molecule has 0 amide bonds. The molecule has 0 saturated heterocycles. The molecule has 0 spiro atoms. The fourth-order valence-electron chi connectivity index (χ4n) is 1.84. The fraction of sp³-hybridized carbons (Fsp3) is 0.125. The molecular weight excluding hydrogens is 238 g/mol. The number of nitrogens with zero attached hydrogens (tertiary/aromatic N) is 1. The Morgan fingerprint density at radius 3 is 2.74 bits per heavy atom. The van der Waals surface area contributed by atoms with Gasteiger partial charge in [-0.15, -0.1) is 0 Å². The highest BCUT2D eigenvalue weighted by atomic mass is 16.4. The number of aromatic nitrogens is 1. The van der Waals surface area contributed by atoms with Gasteiger partial charge in [0.1, 0.15) is 0 Å². The molecule has 0 saturated carbocycles. The van der Waals surface area contributed by atoms with Crippen LogP contribution in [0.25, 0.3) is 6.08 Å². The highest BCUT2D eigenvalue weighted by Crippen LogP contribution is 2.13. The monoisotopic (exact) mass is 253 g/mol. The van der Waals surface area contributed by atoms with Crippen LogP contribution in [-0.2, 0) is 11.2 Å². The van der Waals surface area contributed by atoms with Crippen molar-refractivity contribution >= 4 is 12.0 Å². The van der Waals surface area contributed by atoms with Crippen molar-refractivity contribution in [3.63, 3.8) is 0 Å². The van der Waals surface area contributed by atoms with Crippen molar-refractivity contribution in [2.24, 2.45) is 0 Å². The summed E-state index contributed by atoms with van der Waals surface area (Å²) in [4.78, 5) is 14.9. The lowest BCUT2D eigenvalue weighted by molar-refractivity contribution is -0.132. The fourth-order valence-corrected chi connectivity index (χ4v) is 1.84. The van der Waals surface area contributed by atoms with Crippen molar-refractivity contribution in [1.29, 1.82) is 0 Å². The minimum Gasteiger partial charge on any atom is -0.478 e. The maximum absolute atomic E-state index is 10.8. The maximum atomic E-state index is 10.8. The number of aliphatic carboxylic acids is 1. The number of carboxylic acids is 1. The molecule has 3 nitrogen and oxygen atoms in total. The predicted octanol–water partition coefficient (Wildman–Crippen LogP) is 3.16. The first-order chi connectivity index (χ1) is 9.15. The predicted molar refractivity (Wildman–Crippen MR) is 74.8 cm³/mol. The number of carbonyl (C=O) groups is 1. The van der Waals surface area contributed by atoms with Crippen LogP contribution in [0.5, 0.6) is 0 Å². The van der Waals surface area contributed by atoms with Crippen LogP contribution in [0, 0.1) is 0 Å². The zero-order valence-corrected chi connectivity index (χ0v) is 10.7. The van der Waals surface area contributed by atoms with Gasteiger partial charge in [-0.2, -0.15) is 0 Å². The normalized spacial score (nSPS) is 11.3. The molecule has 3 heteroatoms. The van der Waals surface area contributed by atoms with Crippen LogP contribution in [-0.4, -0.2) is 16.1 Å². The van der Waals surface area contributed by atoms with Gasteiger partial charge in [0.25, 0.3) is 0 Å². The third-order valence-corrected chi connectivity index (χ3v) is 2.80. The van der Waals surface area contributed by atoms with Crippen molar-refractivity contribution in [3.05, 3.63) is 71.1 Å². The van der Waals surface area contributed by atoms with Gasteiger partial charge >= 0.3 is 5.97 Å². The Morgan fingerprint density at radius 1 is 1.26 bits per heavy atom. The molecule has 1 N–H and O–H groups in total. The van der Waals surface area contributed by atoms with E-state index >= 15 is 0 Å². The number of hydrogen-bond donors (Lipinski definition) is 1. The lowest BCUT2D eigenvalue weighted by atomic mass is 10.0. The number of pyridine rings is 1. The van der Waals surface area contributed by atoms with Crippen LogP contribution >= 0.6 is 0 Å². The van der Waals surface area contributed by atoms with Crippen LogP contribution in [0.2, 0.25) is 0 Å². The van der Waals surface area contributed by atoms with Crippen LogP contribution in [0.3, 0.4) is 0 Å². The average Bonchev–Trinajstić information content (AvgIpc) is 2.40. The van der Waals surface area contributed by atoms with E-state index in [1.807, 2.05) is 42.6 Å². The summed E-state index contributed by atoms with van der Waals surface area (Å²) in [5.74, 6) is -0.891. The molecule has 0 bridgehead atoms. The Kier molecular flexibility index (Phi) is 4.08. The summed E-state index contributed by atoms with van der Waals surface area (Å²) in [7, 11) is 0. The number of hydrogen-bond acceptors (Lipinski definition) is 2. The summed E-state index contributed by atoms with van der Waals surface area (Å²) in [5.41, 5.74) is 3.51. The second-order valence-corrected chi connectivity index (χ2v) is 4.42. The minimum atomic E-state index is -0.891. The standard InChI is InChI=1S/C16H15NO2/c1-12(16(18)19)8-13-4-2-5-14(9-13)10-15-6-3-7-17-11-15/h2-9,11H,10H2,1H3,(H,18,19)/b12-8+.